The Labute approximate surface area is 148 Å². The molecule has 1 aromatic carbocycles. The molecule has 2 unspecified atom stereocenters. The van der Waals surface area contributed by atoms with E-state index in [1.54, 1.807) is 6.92 Å². The largest absolute Gasteiger partial charge is 0.505 e. The van der Waals surface area contributed by atoms with Gasteiger partial charge in [0.25, 0.3) is 0 Å². The zero-order valence-corrected chi connectivity index (χ0v) is 14.7. The molecule has 0 amide bonds. The smallest absolute Gasteiger partial charge is 0.181 e. The van der Waals surface area contributed by atoms with Crippen molar-refractivity contribution in [3.05, 3.63) is 34.1 Å². The molecule has 7 nitrogen and oxygen atoms in total. The average Bonchev–Trinajstić information content (AvgIpc) is 3.05. The Morgan fingerprint density at radius 1 is 1.36 bits per heavy atom. The summed E-state index contributed by atoms with van der Waals surface area (Å²) in [5.74, 6) is -2.27. The standard InChI is InChI=1S/C17H17ClN2O5/c1-7-4-9-8(6-19-20-9)15(21)12(7)16(22)13-10(24-2)5-11(25-3)14(18)17(13)23/h5-7,12,23H,4H2,1-3H3,(H,19,20). The second-order valence-corrected chi connectivity index (χ2v) is 6.35. The second-order valence-electron chi connectivity index (χ2n) is 5.97. The van der Waals surface area contributed by atoms with E-state index in [2.05, 4.69) is 10.2 Å². The van der Waals surface area contributed by atoms with Crippen molar-refractivity contribution < 1.29 is 24.2 Å². The van der Waals surface area contributed by atoms with Crippen LogP contribution in [-0.4, -0.2) is 41.1 Å². The Kier molecular flexibility index (Phi) is 4.43. The first-order valence-corrected chi connectivity index (χ1v) is 8.02. The van der Waals surface area contributed by atoms with Crippen molar-refractivity contribution >= 4 is 23.2 Å². The number of phenols is 1. The molecule has 1 aliphatic rings. The van der Waals surface area contributed by atoms with Crippen LogP contribution in [0.15, 0.2) is 12.3 Å². The van der Waals surface area contributed by atoms with Crippen molar-refractivity contribution in [2.24, 2.45) is 11.8 Å². The van der Waals surface area contributed by atoms with Crippen molar-refractivity contribution in [3.63, 3.8) is 0 Å². The number of methoxy groups -OCH3 is 2. The Morgan fingerprint density at radius 2 is 2.04 bits per heavy atom. The number of H-pyrrole nitrogens is 1. The highest BCUT2D eigenvalue weighted by Gasteiger charge is 2.41. The summed E-state index contributed by atoms with van der Waals surface area (Å²) < 4.78 is 10.3. The second kappa shape index (κ2) is 6.40. The summed E-state index contributed by atoms with van der Waals surface area (Å²) in [5, 5.41) is 17.0. The van der Waals surface area contributed by atoms with Crippen molar-refractivity contribution in [2.45, 2.75) is 13.3 Å². The summed E-state index contributed by atoms with van der Waals surface area (Å²) >= 11 is 6.06. The SMILES string of the molecule is COc1cc(OC)c(C(=O)C2C(=O)c3cn[nH]c3CC2C)c(O)c1Cl. The summed E-state index contributed by atoms with van der Waals surface area (Å²) in [6.07, 6.45) is 1.92. The normalized spacial score (nSPS) is 19.4. The van der Waals surface area contributed by atoms with Gasteiger partial charge in [-0.3, -0.25) is 14.7 Å². The van der Waals surface area contributed by atoms with Gasteiger partial charge in [0.15, 0.2) is 17.3 Å². The van der Waals surface area contributed by atoms with Gasteiger partial charge in [-0.2, -0.15) is 5.10 Å². The Balaban J connectivity index is 2.10. The van der Waals surface area contributed by atoms with Crippen LogP contribution in [0.3, 0.4) is 0 Å². The van der Waals surface area contributed by atoms with Crippen LogP contribution in [0.25, 0.3) is 0 Å². The van der Waals surface area contributed by atoms with Crippen molar-refractivity contribution in [3.8, 4) is 17.2 Å². The number of ketones is 2. The monoisotopic (exact) mass is 364 g/mol. The zero-order valence-electron chi connectivity index (χ0n) is 13.9. The molecular formula is C17H17ClN2O5. The van der Waals surface area contributed by atoms with Gasteiger partial charge in [0.05, 0.1) is 31.9 Å². The molecule has 0 saturated carbocycles. The molecule has 0 fully saturated rings. The molecule has 1 aromatic heterocycles. The number of fused-ring (bicyclic) bond motifs is 1. The number of Topliss-reactive ketones (excluding diaryl/α,β-unsaturated/α-hetero) is 2. The fourth-order valence-electron chi connectivity index (χ4n) is 3.22. The predicted molar refractivity (Wildman–Crippen MR) is 89.8 cm³/mol. The van der Waals surface area contributed by atoms with Crippen LogP contribution in [0.5, 0.6) is 17.2 Å². The van der Waals surface area contributed by atoms with E-state index in [-0.39, 0.29) is 33.8 Å². The van der Waals surface area contributed by atoms with Crippen LogP contribution in [0.4, 0.5) is 0 Å². The van der Waals surface area contributed by atoms with E-state index in [1.165, 1.54) is 26.5 Å². The van der Waals surface area contributed by atoms with E-state index in [1.807, 2.05) is 0 Å². The third-order valence-electron chi connectivity index (χ3n) is 4.50. The number of nitrogens with zero attached hydrogens (tertiary/aromatic N) is 1. The third kappa shape index (κ3) is 2.64. The minimum atomic E-state index is -0.950. The fraction of sp³-hybridized carbons (Fsp3) is 0.353. The van der Waals surface area contributed by atoms with E-state index in [0.717, 1.165) is 0 Å². The van der Waals surface area contributed by atoms with E-state index in [4.69, 9.17) is 21.1 Å². The number of hydrogen-bond acceptors (Lipinski definition) is 6. The molecule has 8 heteroatoms. The Bertz CT molecular complexity index is 861. The Morgan fingerprint density at radius 3 is 2.68 bits per heavy atom. The third-order valence-corrected chi connectivity index (χ3v) is 4.86. The molecule has 1 heterocycles. The number of carbonyl (C=O) groups is 2. The number of aromatic nitrogens is 2. The first-order chi connectivity index (χ1) is 11.9. The minimum absolute atomic E-state index is 0.0988. The maximum Gasteiger partial charge on any atom is 0.181 e. The van der Waals surface area contributed by atoms with Crippen molar-refractivity contribution in [2.75, 3.05) is 14.2 Å². The molecule has 2 N–H and O–H groups in total. The number of aromatic amines is 1. The number of benzene rings is 1. The zero-order chi connectivity index (χ0) is 18.3. The van der Waals surface area contributed by atoms with Crippen molar-refractivity contribution in [1.29, 1.82) is 0 Å². The van der Waals surface area contributed by atoms with Crippen LogP contribution in [0.2, 0.25) is 5.02 Å². The molecular weight excluding hydrogens is 348 g/mol. The van der Waals surface area contributed by atoms with Gasteiger partial charge in [-0.05, 0) is 12.3 Å². The molecule has 3 rings (SSSR count). The number of halogens is 1. The van der Waals surface area contributed by atoms with Gasteiger partial charge in [-0.25, -0.2) is 0 Å². The summed E-state index contributed by atoms with van der Waals surface area (Å²) in [4.78, 5) is 25.9. The van der Waals surface area contributed by atoms with Crippen molar-refractivity contribution in [1.82, 2.24) is 10.2 Å². The highest BCUT2D eigenvalue weighted by molar-refractivity contribution is 6.34. The summed E-state index contributed by atoms with van der Waals surface area (Å²) in [5.41, 5.74) is 0.991. The molecule has 0 bridgehead atoms. The minimum Gasteiger partial charge on any atom is -0.505 e. The topological polar surface area (TPSA) is 102 Å². The predicted octanol–water partition coefficient (Wildman–Crippen LogP) is 2.66. The van der Waals surface area contributed by atoms with Gasteiger partial charge in [0, 0.05) is 11.8 Å². The van der Waals surface area contributed by atoms with Crippen LogP contribution < -0.4 is 9.47 Å². The lowest BCUT2D eigenvalue weighted by molar-refractivity contribution is 0.0741. The molecule has 132 valence electrons. The van der Waals surface area contributed by atoms with E-state index < -0.39 is 17.5 Å². The number of ether oxygens (including phenoxy) is 2. The molecule has 2 atom stereocenters. The lowest BCUT2D eigenvalue weighted by Gasteiger charge is -2.27. The summed E-state index contributed by atoms with van der Waals surface area (Å²) in [7, 11) is 2.74. The fourth-order valence-corrected chi connectivity index (χ4v) is 3.45. The molecule has 0 radical (unpaired) electrons. The highest BCUT2D eigenvalue weighted by atomic mass is 35.5. The van der Waals surface area contributed by atoms with E-state index in [9.17, 15) is 14.7 Å². The van der Waals surface area contributed by atoms with E-state index >= 15 is 0 Å². The lowest BCUT2D eigenvalue weighted by Crippen LogP contribution is -2.35. The number of hydrogen-bond donors (Lipinski definition) is 2. The maximum atomic E-state index is 13.1. The number of rotatable bonds is 4. The highest BCUT2D eigenvalue weighted by Crippen LogP contribution is 2.44. The lowest BCUT2D eigenvalue weighted by atomic mass is 9.74. The Hall–Kier alpha value is -2.54. The van der Waals surface area contributed by atoms with Gasteiger partial charge in [-0.15, -0.1) is 0 Å². The quantitative estimate of drug-likeness (QED) is 0.638. The van der Waals surface area contributed by atoms with E-state index in [0.29, 0.717) is 17.7 Å². The summed E-state index contributed by atoms with van der Waals surface area (Å²) in [6, 6.07) is 1.41. The number of aromatic hydroxyl groups is 1. The first kappa shape index (κ1) is 17.3. The van der Waals surface area contributed by atoms with Gasteiger partial charge < -0.3 is 14.6 Å². The molecule has 25 heavy (non-hydrogen) atoms. The van der Waals surface area contributed by atoms with Gasteiger partial charge in [0.2, 0.25) is 0 Å². The molecule has 0 aliphatic heterocycles. The number of nitrogens with one attached hydrogen (secondary N) is 1. The maximum absolute atomic E-state index is 13.1. The van der Waals surface area contributed by atoms with Gasteiger partial charge in [-0.1, -0.05) is 18.5 Å². The molecule has 2 aromatic rings. The molecule has 0 spiro atoms. The molecule has 1 aliphatic carbocycles. The summed E-state index contributed by atoms with van der Waals surface area (Å²) in [6.45, 7) is 1.80. The average molecular weight is 365 g/mol. The van der Waals surface area contributed by atoms with Crippen LogP contribution >= 0.6 is 11.6 Å². The van der Waals surface area contributed by atoms with Gasteiger partial charge in [0.1, 0.15) is 22.1 Å². The molecule has 0 saturated heterocycles. The van der Waals surface area contributed by atoms with Gasteiger partial charge >= 0.3 is 0 Å². The van der Waals surface area contributed by atoms with Crippen LogP contribution in [-0.2, 0) is 6.42 Å². The van der Waals surface area contributed by atoms with Crippen LogP contribution in [0.1, 0.15) is 33.3 Å². The first-order valence-electron chi connectivity index (χ1n) is 7.64. The van der Waals surface area contributed by atoms with Crippen LogP contribution in [0, 0.1) is 11.8 Å². The number of carbonyl (C=O) groups excluding carboxylic acids is 2. The number of phenolic OH excluding ortho intramolecular Hbond substituents is 1.